The number of para-hydroxylation sites is 1. The molecule has 1 N–H and O–H groups in total. The number of amides is 1. The van der Waals surface area contributed by atoms with Gasteiger partial charge in [-0.1, -0.05) is 18.2 Å². The van der Waals surface area contributed by atoms with Gasteiger partial charge in [-0.3, -0.25) is 0 Å². The Kier molecular flexibility index (Phi) is 3.58. The van der Waals surface area contributed by atoms with Gasteiger partial charge in [0.05, 0.1) is 6.00 Å². The van der Waals surface area contributed by atoms with Crippen molar-refractivity contribution in [2.75, 3.05) is 6.00 Å². The first kappa shape index (κ1) is 9.86. The van der Waals surface area contributed by atoms with E-state index in [9.17, 15) is 4.79 Å². The summed E-state index contributed by atoms with van der Waals surface area (Å²) < 4.78 is 4.95. The van der Waals surface area contributed by atoms with Crippen molar-refractivity contribution >= 4 is 17.7 Å². The minimum Gasteiger partial charge on any atom is -0.410 e. The summed E-state index contributed by atoms with van der Waals surface area (Å²) in [6.07, 6.45) is -0.538. The highest BCUT2D eigenvalue weighted by Crippen LogP contribution is 2.15. The summed E-state index contributed by atoms with van der Waals surface area (Å²) in [6.45, 7) is 1.86. The van der Waals surface area contributed by atoms with Gasteiger partial charge in [0, 0.05) is 0 Å². The van der Waals surface area contributed by atoms with Crippen LogP contribution in [0.2, 0.25) is 0 Å². The Labute approximate surface area is 81.7 Å². The van der Waals surface area contributed by atoms with Crippen molar-refractivity contribution in [3.8, 4) is 5.75 Å². The molecule has 0 spiro atoms. The van der Waals surface area contributed by atoms with Crippen LogP contribution in [0, 0.1) is 6.92 Å². The van der Waals surface area contributed by atoms with E-state index in [0.717, 1.165) is 5.56 Å². The number of rotatable bonds is 2. The van der Waals surface area contributed by atoms with E-state index >= 15 is 0 Å². The van der Waals surface area contributed by atoms with Crippen LogP contribution < -0.4 is 10.1 Å². The molecular formula is C9H10ClNO2. The van der Waals surface area contributed by atoms with Crippen molar-refractivity contribution in [2.24, 2.45) is 0 Å². The fourth-order valence-electron chi connectivity index (χ4n) is 0.861. The third-order valence-electron chi connectivity index (χ3n) is 1.51. The first-order valence-electron chi connectivity index (χ1n) is 3.81. The van der Waals surface area contributed by atoms with Crippen molar-refractivity contribution < 1.29 is 9.53 Å². The van der Waals surface area contributed by atoms with Gasteiger partial charge in [0.15, 0.2) is 0 Å². The zero-order valence-electron chi connectivity index (χ0n) is 7.21. The molecule has 13 heavy (non-hydrogen) atoms. The van der Waals surface area contributed by atoms with Crippen LogP contribution >= 0.6 is 11.6 Å². The van der Waals surface area contributed by atoms with Crippen LogP contribution in [-0.2, 0) is 0 Å². The molecule has 3 nitrogen and oxygen atoms in total. The van der Waals surface area contributed by atoms with Gasteiger partial charge in [0.2, 0.25) is 0 Å². The summed E-state index contributed by atoms with van der Waals surface area (Å²) in [7, 11) is 0. The second-order valence-electron chi connectivity index (χ2n) is 2.47. The molecule has 0 atom stereocenters. The van der Waals surface area contributed by atoms with E-state index in [-0.39, 0.29) is 6.00 Å². The maximum atomic E-state index is 10.9. The van der Waals surface area contributed by atoms with E-state index in [2.05, 4.69) is 5.32 Å². The number of aryl methyl sites for hydroxylation is 1. The van der Waals surface area contributed by atoms with Crippen LogP contribution in [0.5, 0.6) is 5.75 Å². The average Bonchev–Trinajstić information content (AvgIpc) is 2.09. The van der Waals surface area contributed by atoms with Crippen molar-refractivity contribution in [2.45, 2.75) is 6.92 Å². The molecule has 1 amide bonds. The average molecular weight is 200 g/mol. The lowest BCUT2D eigenvalue weighted by atomic mass is 10.2. The van der Waals surface area contributed by atoms with Crippen LogP contribution in [0.25, 0.3) is 0 Å². The highest BCUT2D eigenvalue weighted by atomic mass is 35.5. The molecule has 0 aliphatic heterocycles. The summed E-state index contributed by atoms with van der Waals surface area (Å²) in [5, 5.41) is 2.33. The highest BCUT2D eigenvalue weighted by molar-refractivity contribution is 6.18. The number of alkyl halides is 1. The molecule has 4 heteroatoms. The molecule has 0 fully saturated rings. The summed E-state index contributed by atoms with van der Waals surface area (Å²) in [4.78, 5) is 10.9. The van der Waals surface area contributed by atoms with Crippen molar-refractivity contribution in [1.82, 2.24) is 5.32 Å². The molecule has 70 valence electrons. The van der Waals surface area contributed by atoms with Crippen molar-refractivity contribution in [1.29, 1.82) is 0 Å². The smallest absolute Gasteiger partial charge is 0.410 e. The number of halogens is 1. The number of carbonyl (C=O) groups excluding carboxylic acids is 1. The van der Waals surface area contributed by atoms with E-state index in [0.29, 0.717) is 5.75 Å². The van der Waals surface area contributed by atoms with Crippen LogP contribution in [0.4, 0.5) is 4.79 Å². The molecule has 1 aromatic rings. The fourth-order valence-corrected chi connectivity index (χ4v) is 0.971. The summed E-state index contributed by atoms with van der Waals surface area (Å²) in [5.74, 6) is 0.546. The van der Waals surface area contributed by atoms with Gasteiger partial charge in [0.25, 0.3) is 0 Å². The second-order valence-corrected chi connectivity index (χ2v) is 2.73. The Morgan fingerprint density at radius 3 is 2.85 bits per heavy atom. The molecule has 0 aliphatic carbocycles. The zero-order chi connectivity index (χ0) is 9.68. The molecule has 0 unspecified atom stereocenters. The van der Waals surface area contributed by atoms with E-state index in [4.69, 9.17) is 16.3 Å². The summed E-state index contributed by atoms with van der Waals surface area (Å²) in [5.41, 5.74) is 0.909. The number of hydrogen-bond acceptors (Lipinski definition) is 2. The lowest BCUT2D eigenvalue weighted by molar-refractivity contribution is 0.202. The number of carbonyl (C=O) groups is 1. The maximum Gasteiger partial charge on any atom is 0.413 e. The maximum absolute atomic E-state index is 10.9. The third kappa shape index (κ3) is 2.95. The van der Waals surface area contributed by atoms with Gasteiger partial charge < -0.3 is 10.1 Å². The Bertz CT molecular complexity index is 301. The van der Waals surface area contributed by atoms with Crippen LogP contribution in [-0.4, -0.2) is 12.1 Å². The lowest BCUT2D eigenvalue weighted by Crippen LogP contribution is -2.25. The molecular weight excluding hydrogens is 190 g/mol. The number of nitrogens with one attached hydrogen (secondary N) is 1. The number of ether oxygens (including phenoxy) is 1. The zero-order valence-corrected chi connectivity index (χ0v) is 7.97. The molecule has 1 aromatic carbocycles. The van der Waals surface area contributed by atoms with Crippen LogP contribution in [0.1, 0.15) is 5.56 Å². The highest BCUT2D eigenvalue weighted by Gasteiger charge is 2.03. The predicted molar refractivity (Wildman–Crippen MR) is 51.1 cm³/mol. The van der Waals surface area contributed by atoms with Gasteiger partial charge in [0.1, 0.15) is 5.75 Å². The topological polar surface area (TPSA) is 38.3 Å². The predicted octanol–water partition coefficient (Wildman–Crippen LogP) is 2.28. The molecule has 0 bridgehead atoms. The minimum atomic E-state index is -0.538. The van der Waals surface area contributed by atoms with E-state index in [1.54, 1.807) is 12.1 Å². The van der Waals surface area contributed by atoms with Gasteiger partial charge in [-0.05, 0) is 18.6 Å². The number of benzene rings is 1. The molecule has 0 saturated carbocycles. The molecule has 0 saturated heterocycles. The first-order valence-corrected chi connectivity index (χ1v) is 4.35. The molecule has 0 aromatic heterocycles. The molecule has 0 aliphatic rings. The Balaban J connectivity index is 2.63. The van der Waals surface area contributed by atoms with E-state index in [1.807, 2.05) is 19.1 Å². The Morgan fingerprint density at radius 2 is 2.23 bits per heavy atom. The van der Waals surface area contributed by atoms with Crippen LogP contribution in [0.3, 0.4) is 0 Å². The van der Waals surface area contributed by atoms with Crippen LogP contribution in [0.15, 0.2) is 24.3 Å². The lowest BCUT2D eigenvalue weighted by Gasteiger charge is -2.05. The quantitative estimate of drug-likeness (QED) is 0.586. The third-order valence-corrected chi connectivity index (χ3v) is 1.64. The minimum absolute atomic E-state index is 0.0463. The monoisotopic (exact) mass is 199 g/mol. The first-order chi connectivity index (χ1) is 6.24. The second kappa shape index (κ2) is 4.72. The normalized spacial score (nSPS) is 9.38. The number of hydrogen-bond donors (Lipinski definition) is 1. The molecule has 0 heterocycles. The standard InChI is InChI=1S/C9H10ClNO2/c1-7-4-2-3-5-8(7)13-9(12)11-6-10/h2-5H,6H2,1H3,(H,11,12). The van der Waals surface area contributed by atoms with Crippen molar-refractivity contribution in [3.63, 3.8) is 0 Å². The van der Waals surface area contributed by atoms with E-state index in [1.165, 1.54) is 0 Å². The Hall–Kier alpha value is -1.22. The summed E-state index contributed by atoms with van der Waals surface area (Å²) in [6, 6.07) is 7.31. The van der Waals surface area contributed by atoms with Gasteiger partial charge in [-0.25, -0.2) is 4.79 Å². The van der Waals surface area contributed by atoms with E-state index < -0.39 is 6.09 Å². The Morgan fingerprint density at radius 1 is 1.54 bits per heavy atom. The largest absolute Gasteiger partial charge is 0.413 e. The van der Waals surface area contributed by atoms with Gasteiger partial charge >= 0.3 is 6.09 Å². The molecule has 1 rings (SSSR count). The fraction of sp³-hybridized carbons (Fsp3) is 0.222. The summed E-state index contributed by atoms with van der Waals surface area (Å²) >= 11 is 5.29. The van der Waals surface area contributed by atoms with Crippen molar-refractivity contribution in [3.05, 3.63) is 29.8 Å². The van der Waals surface area contributed by atoms with Gasteiger partial charge in [-0.15, -0.1) is 11.6 Å². The van der Waals surface area contributed by atoms with Gasteiger partial charge in [-0.2, -0.15) is 0 Å². The molecule has 0 radical (unpaired) electrons. The SMILES string of the molecule is Cc1ccccc1OC(=O)NCCl.